The lowest BCUT2D eigenvalue weighted by Crippen LogP contribution is -2.24. The van der Waals surface area contributed by atoms with Gasteiger partial charge in [-0.05, 0) is 42.1 Å². The highest BCUT2D eigenvalue weighted by Crippen LogP contribution is 2.33. The van der Waals surface area contributed by atoms with Crippen LogP contribution in [0.25, 0.3) is 21.9 Å². The van der Waals surface area contributed by atoms with Crippen LogP contribution in [0, 0.1) is 30.4 Å². The van der Waals surface area contributed by atoms with Crippen LogP contribution in [0.1, 0.15) is 17.0 Å². The molecule has 0 fully saturated rings. The quantitative estimate of drug-likeness (QED) is 0.230. The van der Waals surface area contributed by atoms with Crippen LogP contribution >= 0.6 is 0 Å². The van der Waals surface area contributed by atoms with E-state index < -0.39 is 41.1 Å². The van der Waals surface area contributed by atoms with Gasteiger partial charge in [-0.15, -0.1) is 0 Å². The standard InChI is InChI=1S/C25H13F7N2O/c1-14-2-4-15(5-3-14)17-12-33-23(34-13-17)25(31,32)35-18-6-7-19-16(10-18)11-21(26)20(22(19)27)8-9-24(28,29)30/h2-7,10-13H,1H3. The van der Waals surface area contributed by atoms with Crippen LogP contribution in [0.4, 0.5) is 30.7 Å². The number of ether oxygens (including phenoxy) is 1. The van der Waals surface area contributed by atoms with Crippen molar-refractivity contribution in [3.8, 4) is 28.7 Å². The van der Waals surface area contributed by atoms with Crippen molar-refractivity contribution < 1.29 is 35.5 Å². The Labute approximate surface area is 194 Å². The molecule has 0 N–H and O–H groups in total. The molecule has 0 spiro atoms. The number of aromatic nitrogens is 2. The third-order valence-electron chi connectivity index (χ3n) is 4.87. The molecule has 1 aromatic heterocycles. The van der Waals surface area contributed by atoms with Crippen molar-refractivity contribution in [2.45, 2.75) is 19.2 Å². The molecule has 0 amide bonds. The van der Waals surface area contributed by atoms with Gasteiger partial charge in [-0.25, -0.2) is 18.7 Å². The first kappa shape index (κ1) is 24.0. The van der Waals surface area contributed by atoms with Gasteiger partial charge in [0.2, 0.25) is 5.82 Å². The number of nitrogens with zero attached hydrogens (tertiary/aromatic N) is 2. The highest BCUT2D eigenvalue weighted by Gasteiger charge is 2.38. The number of alkyl halides is 5. The first-order chi connectivity index (χ1) is 16.4. The molecule has 178 valence electrons. The summed E-state index contributed by atoms with van der Waals surface area (Å²) in [6, 6.07) is 10.8. The zero-order chi connectivity index (χ0) is 25.4. The van der Waals surface area contributed by atoms with Crippen LogP contribution in [0.5, 0.6) is 5.75 Å². The highest BCUT2D eigenvalue weighted by molar-refractivity contribution is 5.86. The van der Waals surface area contributed by atoms with Crippen molar-refractivity contribution in [1.29, 1.82) is 0 Å². The summed E-state index contributed by atoms with van der Waals surface area (Å²) in [5.74, 6) is -1.94. The van der Waals surface area contributed by atoms with E-state index in [1.165, 1.54) is 18.3 Å². The van der Waals surface area contributed by atoms with Crippen molar-refractivity contribution in [3.63, 3.8) is 0 Å². The van der Waals surface area contributed by atoms with Crippen LogP contribution in [0.3, 0.4) is 0 Å². The lowest BCUT2D eigenvalue weighted by molar-refractivity contribution is -0.191. The van der Waals surface area contributed by atoms with Crippen molar-refractivity contribution >= 4 is 10.8 Å². The van der Waals surface area contributed by atoms with E-state index in [4.69, 9.17) is 0 Å². The number of benzene rings is 3. The first-order valence-corrected chi connectivity index (χ1v) is 9.91. The Morgan fingerprint density at radius 1 is 0.829 bits per heavy atom. The minimum Gasteiger partial charge on any atom is -0.427 e. The summed E-state index contributed by atoms with van der Waals surface area (Å²) in [4.78, 5) is 7.35. The molecule has 0 saturated carbocycles. The SMILES string of the molecule is Cc1ccc(-c2cnc(C(F)(F)Oc3ccc4c(F)c(C#CC(F)(F)F)c(F)cc4c3)nc2)cc1. The van der Waals surface area contributed by atoms with Crippen LogP contribution in [-0.2, 0) is 6.11 Å². The number of aryl methyl sites for hydroxylation is 1. The fourth-order valence-corrected chi connectivity index (χ4v) is 3.19. The Morgan fingerprint density at radius 3 is 2.11 bits per heavy atom. The molecule has 4 rings (SSSR count). The Kier molecular flexibility index (Phi) is 6.11. The predicted molar refractivity (Wildman–Crippen MR) is 114 cm³/mol. The van der Waals surface area contributed by atoms with E-state index in [0.29, 0.717) is 11.6 Å². The molecule has 0 aliphatic rings. The predicted octanol–water partition coefficient (Wildman–Crippen LogP) is 6.93. The Bertz CT molecular complexity index is 1450. The highest BCUT2D eigenvalue weighted by atomic mass is 19.4. The summed E-state index contributed by atoms with van der Waals surface area (Å²) in [7, 11) is 0. The van der Waals surface area contributed by atoms with Gasteiger partial charge in [-0.1, -0.05) is 35.7 Å². The number of hydrogen-bond acceptors (Lipinski definition) is 3. The number of hydrogen-bond donors (Lipinski definition) is 0. The van der Waals surface area contributed by atoms with Gasteiger partial charge in [0, 0.05) is 29.3 Å². The maximum Gasteiger partial charge on any atom is 0.462 e. The molecule has 3 nitrogen and oxygen atoms in total. The van der Waals surface area contributed by atoms with E-state index in [2.05, 4.69) is 14.7 Å². The summed E-state index contributed by atoms with van der Waals surface area (Å²) in [6.07, 6.45) is -6.52. The molecule has 0 aliphatic carbocycles. The molecule has 0 saturated heterocycles. The molecule has 10 heteroatoms. The van der Waals surface area contributed by atoms with Crippen molar-refractivity contribution in [2.75, 3.05) is 0 Å². The molecule has 0 aliphatic heterocycles. The van der Waals surface area contributed by atoms with Crippen molar-refractivity contribution in [1.82, 2.24) is 9.97 Å². The summed E-state index contributed by atoms with van der Waals surface area (Å²) in [5, 5.41) is -0.547. The summed E-state index contributed by atoms with van der Waals surface area (Å²) >= 11 is 0. The second kappa shape index (κ2) is 8.91. The summed E-state index contributed by atoms with van der Waals surface area (Å²) in [5.41, 5.74) is 1.16. The zero-order valence-corrected chi connectivity index (χ0v) is 17.7. The summed E-state index contributed by atoms with van der Waals surface area (Å²) < 4.78 is 99.5. The topological polar surface area (TPSA) is 35.0 Å². The van der Waals surface area contributed by atoms with Gasteiger partial charge >= 0.3 is 12.3 Å². The third kappa shape index (κ3) is 5.35. The molecular formula is C25H13F7N2O. The Balaban J connectivity index is 1.60. The van der Waals surface area contributed by atoms with E-state index in [-0.39, 0.29) is 10.8 Å². The first-order valence-electron chi connectivity index (χ1n) is 9.91. The van der Waals surface area contributed by atoms with E-state index in [1.54, 1.807) is 12.1 Å². The average Bonchev–Trinajstić information content (AvgIpc) is 2.78. The molecule has 3 aromatic carbocycles. The lowest BCUT2D eigenvalue weighted by Gasteiger charge is -2.17. The molecule has 35 heavy (non-hydrogen) atoms. The van der Waals surface area contributed by atoms with Crippen LogP contribution in [-0.4, -0.2) is 16.1 Å². The molecule has 0 bridgehead atoms. The van der Waals surface area contributed by atoms with E-state index in [0.717, 1.165) is 35.2 Å². The maximum atomic E-state index is 14.6. The van der Waals surface area contributed by atoms with Gasteiger partial charge in [0.05, 0.1) is 5.56 Å². The van der Waals surface area contributed by atoms with Crippen molar-refractivity contribution in [2.24, 2.45) is 0 Å². The normalized spacial score (nSPS) is 11.8. The molecule has 0 radical (unpaired) electrons. The van der Waals surface area contributed by atoms with Crippen LogP contribution in [0.15, 0.2) is 60.9 Å². The van der Waals surface area contributed by atoms with Gasteiger partial charge in [0.1, 0.15) is 17.4 Å². The third-order valence-corrected chi connectivity index (χ3v) is 4.87. The van der Waals surface area contributed by atoms with Gasteiger partial charge in [0.15, 0.2) is 0 Å². The monoisotopic (exact) mass is 490 g/mol. The smallest absolute Gasteiger partial charge is 0.427 e. The fourth-order valence-electron chi connectivity index (χ4n) is 3.19. The maximum absolute atomic E-state index is 14.6. The molecular weight excluding hydrogens is 477 g/mol. The molecule has 0 unspecified atom stereocenters. The number of halogens is 7. The van der Waals surface area contributed by atoms with Gasteiger partial charge in [-0.2, -0.15) is 22.0 Å². The number of rotatable bonds is 4. The average molecular weight is 490 g/mol. The second-order valence-electron chi connectivity index (χ2n) is 7.46. The molecule has 4 aromatic rings. The van der Waals surface area contributed by atoms with Gasteiger partial charge in [0.25, 0.3) is 0 Å². The zero-order valence-electron chi connectivity index (χ0n) is 17.7. The van der Waals surface area contributed by atoms with Gasteiger partial charge in [-0.3, -0.25) is 0 Å². The molecule has 1 heterocycles. The van der Waals surface area contributed by atoms with Crippen LogP contribution < -0.4 is 4.74 Å². The van der Waals surface area contributed by atoms with Gasteiger partial charge < -0.3 is 4.74 Å². The van der Waals surface area contributed by atoms with Crippen LogP contribution in [0.2, 0.25) is 0 Å². The van der Waals surface area contributed by atoms with E-state index >= 15 is 0 Å². The van der Waals surface area contributed by atoms with E-state index in [1.807, 2.05) is 19.1 Å². The Hall–Kier alpha value is -4.13. The largest absolute Gasteiger partial charge is 0.462 e. The lowest BCUT2D eigenvalue weighted by atomic mass is 10.0. The van der Waals surface area contributed by atoms with E-state index in [9.17, 15) is 30.7 Å². The van der Waals surface area contributed by atoms with Crippen molar-refractivity contribution in [3.05, 3.63) is 89.5 Å². The number of fused-ring (bicyclic) bond motifs is 1. The summed E-state index contributed by atoms with van der Waals surface area (Å²) in [6.45, 7) is 1.90. The minimum atomic E-state index is -4.95. The second-order valence-corrected chi connectivity index (χ2v) is 7.46. The Morgan fingerprint density at radius 2 is 1.49 bits per heavy atom. The minimum absolute atomic E-state index is 0.221. The molecule has 0 atom stereocenters. The fraction of sp³-hybridized carbons (Fsp3) is 0.120.